The van der Waals surface area contributed by atoms with Gasteiger partial charge in [-0.25, -0.2) is 9.50 Å². The van der Waals surface area contributed by atoms with Crippen LogP contribution >= 0.6 is 0 Å². The van der Waals surface area contributed by atoms with Gasteiger partial charge >= 0.3 is 0 Å². The van der Waals surface area contributed by atoms with Crippen LogP contribution in [0.2, 0.25) is 0 Å². The summed E-state index contributed by atoms with van der Waals surface area (Å²) in [5, 5.41) is 5.63. The van der Waals surface area contributed by atoms with Gasteiger partial charge in [0.1, 0.15) is 5.56 Å². The minimum absolute atomic E-state index is 0.114. The minimum Gasteiger partial charge on any atom is -0.348 e. The normalized spacial score (nSPS) is 11.1. The van der Waals surface area contributed by atoms with Crippen LogP contribution < -0.4 is 10.9 Å². The first-order chi connectivity index (χ1) is 11.1. The van der Waals surface area contributed by atoms with Crippen LogP contribution in [0, 0.1) is 0 Å². The van der Waals surface area contributed by atoms with Gasteiger partial charge in [0.25, 0.3) is 11.5 Å². The van der Waals surface area contributed by atoms with E-state index in [9.17, 15) is 9.59 Å². The second-order valence-electron chi connectivity index (χ2n) is 5.69. The Balaban J connectivity index is 1.90. The minimum atomic E-state index is -0.264. The Hall–Kier alpha value is -2.89. The topological polar surface area (TPSA) is 79.3 Å². The van der Waals surface area contributed by atoms with Crippen molar-refractivity contribution in [2.24, 2.45) is 0 Å². The van der Waals surface area contributed by atoms with Gasteiger partial charge in [0.05, 0.1) is 5.69 Å². The lowest BCUT2D eigenvalue weighted by molar-refractivity contribution is 0.0952. The van der Waals surface area contributed by atoms with Crippen molar-refractivity contribution in [1.29, 1.82) is 0 Å². The zero-order valence-electron chi connectivity index (χ0n) is 13.0. The van der Waals surface area contributed by atoms with Crippen LogP contribution in [0.4, 0.5) is 0 Å². The van der Waals surface area contributed by atoms with E-state index >= 15 is 0 Å². The number of rotatable bonds is 4. The van der Waals surface area contributed by atoms with Gasteiger partial charge < -0.3 is 5.32 Å². The van der Waals surface area contributed by atoms with Crippen molar-refractivity contribution in [1.82, 2.24) is 19.9 Å². The van der Waals surface area contributed by atoms with Crippen molar-refractivity contribution < 1.29 is 4.79 Å². The zero-order valence-corrected chi connectivity index (χ0v) is 13.0. The van der Waals surface area contributed by atoms with Crippen molar-refractivity contribution in [2.45, 2.75) is 26.3 Å². The maximum absolute atomic E-state index is 12.4. The summed E-state index contributed by atoms with van der Waals surface area (Å²) in [6.45, 7) is 4.34. The van der Waals surface area contributed by atoms with Crippen LogP contribution in [-0.2, 0) is 6.54 Å². The summed E-state index contributed by atoms with van der Waals surface area (Å²) in [7, 11) is 0. The Morgan fingerprint density at radius 2 is 2.04 bits per heavy atom. The molecule has 0 spiro atoms. The number of carbonyl (C=O) groups excluding carboxylic acids is 1. The summed E-state index contributed by atoms with van der Waals surface area (Å²) in [6.07, 6.45) is 1.51. The van der Waals surface area contributed by atoms with E-state index in [0.29, 0.717) is 23.4 Å². The molecule has 0 unspecified atom stereocenters. The molecule has 0 aliphatic heterocycles. The van der Waals surface area contributed by atoms with Gasteiger partial charge in [-0.3, -0.25) is 14.7 Å². The summed E-state index contributed by atoms with van der Waals surface area (Å²) in [5.41, 5.74) is 2.17. The van der Waals surface area contributed by atoms with Gasteiger partial charge in [0.15, 0.2) is 5.65 Å². The SMILES string of the molecule is CC(C)c1cc(=O)n2[nH]cc(C(=O)NCc3ccccc3)c2n1. The van der Waals surface area contributed by atoms with Gasteiger partial charge in [0.2, 0.25) is 0 Å². The highest BCUT2D eigenvalue weighted by Crippen LogP contribution is 2.13. The zero-order chi connectivity index (χ0) is 16.4. The molecule has 0 radical (unpaired) electrons. The van der Waals surface area contributed by atoms with Crippen molar-refractivity contribution in [3.8, 4) is 0 Å². The van der Waals surface area contributed by atoms with Crippen LogP contribution in [-0.4, -0.2) is 20.5 Å². The van der Waals surface area contributed by atoms with E-state index in [1.54, 1.807) is 0 Å². The maximum atomic E-state index is 12.4. The van der Waals surface area contributed by atoms with Crippen molar-refractivity contribution in [3.05, 3.63) is 69.8 Å². The third kappa shape index (κ3) is 3.01. The molecule has 2 N–H and O–H groups in total. The average Bonchev–Trinajstić information content (AvgIpc) is 2.98. The average molecular weight is 310 g/mol. The van der Waals surface area contributed by atoms with Crippen LogP contribution in [0.1, 0.15) is 41.4 Å². The molecule has 23 heavy (non-hydrogen) atoms. The molecule has 6 nitrogen and oxygen atoms in total. The van der Waals surface area contributed by atoms with Crippen LogP contribution in [0.3, 0.4) is 0 Å². The highest BCUT2D eigenvalue weighted by atomic mass is 16.2. The molecule has 1 amide bonds. The molecule has 0 saturated carbocycles. The van der Waals surface area contributed by atoms with Crippen molar-refractivity contribution in [2.75, 3.05) is 0 Å². The summed E-state index contributed by atoms with van der Waals surface area (Å²) in [6, 6.07) is 11.1. The van der Waals surface area contributed by atoms with Gasteiger partial charge in [-0.05, 0) is 11.5 Å². The number of hydrogen-bond acceptors (Lipinski definition) is 3. The van der Waals surface area contributed by atoms with E-state index < -0.39 is 0 Å². The number of fused-ring (bicyclic) bond motifs is 1. The number of H-pyrrole nitrogens is 1. The molecule has 0 aliphatic carbocycles. The lowest BCUT2D eigenvalue weighted by Crippen LogP contribution is -2.23. The molecule has 3 rings (SSSR count). The molecule has 0 aliphatic rings. The Morgan fingerprint density at radius 3 is 2.74 bits per heavy atom. The largest absolute Gasteiger partial charge is 0.348 e. The monoisotopic (exact) mass is 310 g/mol. The fourth-order valence-electron chi connectivity index (χ4n) is 2.34. The van der Waals surface area contributed by atoms with Crippen LogP contribution in [0.15, 0.2) is 47.4 Å². The number of aromatic amines is 1. The second kappa shape index (κ2) is 6.08. The number of nitrogens with one attached hydrogen (secondary N) is 2. The highest BCUT2D eigenvalue weighted by Gasteiger charge is 2.16. The summed E-state index contributed by atoms with van der Waals surface area (Å²) < 4.78 is 1.28. The summed E-state index contributed by atoms with van der Waals surface area (Å²) in [5.74, 6) is -0.150. The fraction of sp³-hybridized carbons (Fsp3) is 0.235. The number of amides is 1. The lowest BCUT2D eigenvalue weighted by atomic mass is 10.1. The molecule has 3 aromatic rings. The van der Waals surface area contributed by atoms with Crippen molar-refractivity contribution in [3.63, 3.8) is 0 Å². The van der Waals surface area contributed by atoms with E-state index in [2.05, 4.69) is 15.4 Å². The first-order valence-corrected chi connectivity index (χ1v) is 7.49. The Bertz CT molecular complexity index is 894. The molecule has 0 saturated heterocycles. The molecule has 0 fully saturated rings. The van der Waals surface area contributed by atoms with Gasteiger partial charge in [-0.1, -0.05) is 44.2 Å². The van der Waals surface area contributed by atoms with E-state index in [0.717, 1.165) is 5.56 Å². The fourth-order valence-corrected chi connectivity index (χ4v) is 2.34. The summed E-state index contributed by atoms with van der Waals surface area (Å²) in [4.78, 5) is 28.9. The smallest absolute Gasteiger partial charge is 0.272 e. The Labute approximate surface area is 133 Å². The van der Waals surface area contributed by atoms with Crippen molar-refractivity contribution >= 4 is 11.6 Å². The summed E-state index contributed by atoms with van der Waals surface area (Å²) >= 11 is 0. The Morgan fingerprint density at radius 1 is 1.30 bits per heavy atom. The van der Waals surface area contributed by atoms with E-state index in [1.807, 2.05) is 44.2 Å². The number of nitrogens with zero attached hydrogens (tertiary/aromatic N) is 2. The number of benzene rings is 1. The molecule has 0 atom stereocenters. The molecular formula is C17H18N4O2. The molecule has 118 valence electrons. The first kappa shape index (κ1) is 15.0. The standard InChI is InChI=1S/C17H18N4O2/c1-11(2)14-8-15(22)21-16(20-14)13(10-19-21)17(23)18-9-12-6-4-3-5-7-12/h3-8,10-11,19H,9H2,1-2H3,(H,18,23). The molecular weight excluding hydrogens is 292 g/mol. The van der Waals surface area contributed by atoms with Gasteiger partial charge in [-0.15, -0.1) is 0 Å². The van der Waals surface area contributed by atoms with E-state index in [-0.39, 0.29) is 17.4 Å². The van der Waals surface area contributed by atoms with Gasteiger partial charge in [0, 0.05) is 18.8 Å². The Kier molecular flexibility index (Phi) is 3.97. The predicted octanol–water partition coefficient (Wildman–Crippen LogP) is 2.08. The maximum Gasteiger partial charge on any atom is 0.272 e. The second-order valence-corrected chi connectivity index (χ2v) is 5.69. The number of carbonyl (C=O) groups is 1. The molecule has 2 heterocycles. The van der Waals surface area contributed by atoms with Crippen LogP contribution in [0.5, 0.6) is 0 Å². The molecule has 6 heteroatoms. The highest BCUT2D eigenvalue weighted by molar-refractivity contribution is 5.99. The molecule has 2 aromatic heterocycles. The number of hydrogen-bond donors (Lipinski definition) is 2. The number of aromatic nitrogens is 3. The van der Waals surface area contributed by atoms with Gasteiger partial charge in [-0.2, -0.15) is 0 Å². The lowest BCUT2D eigenvalue weighted by Gasteiger charge is -2.06. The molecule has 0 bridgehead atoms. The molecule has 1 aromatic carbocycles. The van der Waals surface area contributed by atoms with E-state index in [1.165, 1.54) is 16.8 Å². The predicted molar refractivity (Wildman–Crippen MR) is 87.5 cm³/mol. The quantitative estimate of drug-likeness (QED) is 0.774. The van der Waals surface area contributed by atoms with Crippen LogP contribution in [0.25, 0.3) is 5.65 Å². The third-order valence-corrected chi connectivity index (χ3v) is 3.65. The van der Waals surface area contributed by atoms with E-state index in [4.69, 9.17) is 0 Å². The first-order valence-electron chi connectivity index (χ1n) is 7.49. The third-order valence-electron chi connectivity index (χ3n) is 3.65.